The van der Waals surface area contributed by atoms with E-state index in [4.69, 9.17) is 16.3 Å². The highest BCUT2D eigenvalue weighted by Crippen LogP contribution is 2.25. The first-order chi connectivity index (χ1) is 12.5. The normalized spacial score (nSPS) is 11.0. The Morgan fingerprint density at radius 3 is 2.85 bits per heavy atom. The van der Waals surface area contributed by atoms with Crippen molar-refractivity contribution in [2.45, 2.75) is 0 Å². The first-order valence-corrected chi connectivity index (χ1v) is 9.11. The molecule has 0 aliphatic rings. The fraction of sp³-hybridized carbons (Fsp3) is 0.0526. The molecule has 0 saturated heterocycles. The molecule has 0 aliphatic heterocycles. The van der Waals surface area contributed by atoms with E-state index in [1.165, 1.54) is 6.21 Å². The van der Waals surface area contributed by atoms with E-state index in [1.807, 2.05) is 30.3 Å². The van der Waals surface area contributed by atoms with Gasteiger partial charge in [0, 0.05) is 10.6 Å². The summed E-state index contributed by atoms with van der Waals surface area (Å²) in [5.74, 6) is 0.251. The molecule has 3 rings (SSSR count). The quantitative estimate of drug-likeness (QED) is 0.324. The minimum Gasteiger partial charge on any atom is -0.507 e. The fourth-order valence-corrected chi connectivity index (χ4v) is 3.38. The van der Waals surface area contributed by atoms with E-state index < -0.39 is 5.91 Å². The van der Waals surface area contributed by atoms with E-state index in [0.29, 0.717) is 16.3 Å². The molecule has 1 amide bonds. The number of amides is 1. The predicted octanol–water partition coefficient (Wildman–Crippen LogP) is 4.33. The number of aromatic hydroxyl groups is 1. The summed E-state index contributed by atoms with van der Waals surface area (Å²) in [6, 6.07) is 16.2. The molecule has 5 nitrogen and oxygen atoms in total. The second-order valence-electron chi connectivity index (χ2n) is 5.38. The van der Waals surface area contributed by atoms with E-state index in [2.05, 4.69) is 33.1 Å². The lowest BCUT2D eigenvalue weighted by Crippen LogP contribution is -2.24. The Labute approximate surface area is 168 Å². The van der Waals surface area contributed by atoms with Gasteiger partial charge in [0.2, 0.25) is 0 Å². The maximum Gasteiger partial charge on any atom is 0.277 e. The number of hydrogen-bond acceptors (Lipinski definition) is 4. The highest BCUT2D eigenvalue weighted by atomic mass is 127. The van der Waals surface area contributed by atoms with Crippen LogP contribution < -0.4 is 10.2 Å². The van der Waals surface area contributed by atoms with Crippen LogP contribution in [0.1, 0.15) is 5.56 Å². The van der Waals surface area contributed by atoms with Crippen molar-refractivity contribution in [2.75, 3.05) is 6.61 Å². The van der Waals surface area contributed by atoms with E-state index in [9.17, 15) is 9.90 Å². The molecular formula is C19H14ClIN2O3. The fourth-order valence-electron chi connectivity index (χ4n) is 2.36. The van der Waals surface area contributed by atoms with Gasteiger partial charge >= 0.3 is 0 Å². The average molecular weight is 481 g/mol. The van der Waals surface area contributed by atoms with Crippen LogP contribution in [0, 0.1) is 3.57 Å². The van der Waals surface area contributed by atoms with Crippen LogP contribution >= 0.6 is 34.2 Å². The number of hydrazone groups is 1. The molecule has 0 radical (unpaired) electrons. The van der Waals surface area contributed by atoms with Gasteiger partial charge in [-0.2, -0.15) is 5.10 Å². The maximum absolute atomic E-state index is 11.9. The van der Waals surface area contributed by atoms with Crippen molar-refractivity contribution in [1.29, 1.82) is 0 Å². The summed E-state index contributed by atoms with van der Waals surface area (Å²) >= 11 is 7.96. The number of carbonyl (C=O) groups excluding carboxylic acids is 1. The van der Waals surface area contributed by atoms with E-state index in [-0.39, 0.29) is 12.4 Å². The number of hydrogen-bond donors (Lipinski definition) is 2. The van der Waals surface area contributed by atoms with Crippen LogP contribution in [0.25, 0.3) is 10.8 Å². The van der Waals surface area contributed by atoms with Crippen molar-refractivity contribution in [3.8, 4) is 11.5 Å². The molecule has 0 aliphatic carbocycles. The minimum absolute atomic E-state index is 0.0914. The predicted molar refractivity (Wildman–Crippen MR) is 111 cm³/mol. The Morgan fingerprint density at radius 1 is 1.23 bits per heavy atom. The summed E-state index contributed by atoms with van der Waals surface area (Å²) in [5, 5.41) is 16.4. The van der Waals surface area contributed by atoms with Crippen LogP contribution in [0.15, 0.2) is 59.7 Å². The lowest BCUT2D eigenvalue weighted by molar-refractivity contribution is -0.123. The number of ether oxygens (including phenoxy) is 1. The molecule has 3 aromatic rings. The monoisotopic (exact) mass is 480 g/mol. The van der Waals surface area contributed by atoms with Crippen LogP contribution in [0.2, 0.25) is 5.02 Å². The zero-order valence-corrected chi connectivity index (χ0v) is 16.4. The summed E-state index contributed by atoms with van der Waals surface area (Å²) < 4.78 is 6.26. The van der Waals surface area contributed by atoms with Crippen LogP contribution in [-0.2, 0) is 4.79 Å². The molecular weight excluding hydrogens is 467 g/mol. The van der Waals surface area contributed by atoms with E-state index >= 15 is 0 Å². The molecule has 0 atom stereocenters. The first-order valence-electron chi connectivity index (χ1n) is 7.65. The van der Waals surface area contributed by atoms with Crippen molar-refractivity contribution in [1.82, 2.24) is 5.43 Å². The Morgan fingerprint density at radius 2 is 2.04 bits per heavy atom. The number of fused-ring (bicyclic) bond motifs is 1. The SMILES string of the molecule is O=C(COc1ccc(Cl)cc1I)N/N=C/c1c(O)ccc2ccccc12. The third-order valence-electron chi connectivity index (χ3n) is 3.58. The van der Waals surface area contributed by atoms with Gasteiger partial charge in [0.25, 0.3) is 5.91 Å². The molecule has 26 heavy (non-hydrogen) atoms. The lowest BCUT2D eigenvalue weighted by Gasteiger charge is -2.07. The van der Waals surface area contributed by atoms with Crippen LogP contribution in [0.3, 0.4) is 0 Å². The van der Waals surface area contributed by atoms with Gasteiger partial charge in [0.05, 0.1) is 9.78 Å². The van der Waals surface area contributed by atoms with Crippen LogP contribution in [0.5, 0.6) is 11.5 Å². The average Bonchev–Trinajstić information content (AvgIpc) is 2.63. The first kappa shape index (κ1) is 18.5. The standard InChI is InChI=1S/C19H14ClIN2O3/c20-13-6-8-18(16(21)9-13)26-11-19(25)23-22-10-15-14-4-2-1-3-12(14)5-7-17(15)24/h1-10,24H,11H2,(H,23,25)/b22-10+. The minimum atomic E-state index is -0.410. The number of nitrogens with one attached hydrogen (secondary N) is 1. The second kappa shape index (κ2) is 8.37. The Hall–Kier alpha value is -2.32. The van der Waals surface area contributed by atoms with Gasteiger partial charge in [0.15, 0.2) is 6.61 Å². The van der Waals surface area contributed by atoms with Gasteiger partial charge in [-0.25, -0.2) is 5.43 Å². The van der Waals surface area contributed by atoms with Gasteiger partial charge in [-0.1, -0.05) is 41.9 Å². The van der Waals surface area contributed by atoms with Crippen LogP contribution in [0.4, 0.5) is 0 Å². The second-order valence-corrected chi connectivity index (χ2v) is 6.97. The van der Waals surface area contributed by atoms with E-state index in [0.717, 1.165) is 14.3 Å². The van der Waals surface area contributed by atoms with Crippen LogP contribution in [-0.4, -0.2) is 23.8 Å². The number of carbonyl (C=O) groups is 1. The molecule has 132 valence electrons. The van der Waals surface area contributed by atoms with E-state index in [1.54, 1.807) is 24.3 Å². The molecule has 3 aromatic carbocycles. The van der Waals surface area contributed by atoms with Crippen molar-refractivity contribution >= 4 is 57.1 Å². The summed E-state index contributed by atoms with van der Waals surface area (Å²) in [5.41, 5.74) is 2.93. The molecule has 7 heteroatoms. The Balaban J connectivity index is 1.64. The molecule has 0 saturated carbocycles. The third kappa shape index (κ3) is 4.44. The van der Waals surface area contributed by atoms with Gasteiger partial charge in [-0.05, 0) is 57.6 Å². The number of nitrogens with zero attached hydrogens (tertiary/aromatic N) is 1. The van der Waals surface area contributed by atoms with Gasteiger partial charge in [-0.3, -0.25) is 4.79 Å². The number of phenols is 1. The highest BCUT2D eigenvalue weighted by molar-refractivity contribution is 14.1. The summed E-state index contributed by atoms with van der Waals surface area (Å²) in [4.78, 5) is 11.9. The summed E-state index contributed by atoms with van der Waals surface area (Å²) in [6.07, 6.45) is 1.42. The number of benzene rings is 3. The zero-order chi connectivity index (χ0) is 18.5. The number of phenolic OH excluding ortho intramolecular Hbond substituents is 1. The van der Waals surface area contributed by atoms with Crippen molar-refractivity contribution in [3.05, 3.63) is 68.8 Å². The van der Waals surface area contributed by atoms with Gasteiger partial charge < -0.3 is 9.84 Å². The zero-order valence-electron chi connectivity index (χ0n) is 13.4. The summed E-state index contributed by atoms with van der Waals surface area (Å²) in [7, 11) is 0. The molecule has 0 spiro atoms. The third-order valence-corrected chi connectivity index (χ3v) is 4.66. The number of halogens is 2. The Kier molecular flexibility index (Phi) is 5.95. The smallest absolute Gasteiger partial charge is 0.277 e. The van der Waals surface area contributed by atoms with Crippen molar-refractivity contribution in [2.24, 2.45) is 5.10 Å². The molecule has 0 fully saturated rings. The molecule has 0 unspecified atom stereocenters. The Bertz CT molecular complexity index is 992. The molecule has 0 aromatic heterocycles. The topological polar surface area (TPSA) is 70.9 Å². The summed E-state index contributed by atoms with van der Waals surface area (Å²) in [6.45, 7) is -0.184. The largest absolute Gasteiger partial charge is 0.507 e. The number of rotatable bonds is 5. The van der Waals surface area contributed by atoms with Crippen molar-refractivity contribution in [3.63, 3.8) is 0 Å². The maximum atomic E-state index is 11.9. The van der Waals surface area contributed by atoms with Crippen molar-refractivity contribution < 1.29 is 14.6 Å². The molecule has 2 N–H and O–H groups in total. The molecule has 0 bridgehead atoms. The molecule has 0 heterocycles. The van der Waals surface area contributed by atoms with Gasteiger partial charge in [0.1, 0.15) is 11.5 Å². The van der Waals surface area contributed by atoms with Gasteiger partial charge in [-0.15, -0.1) is 0 Å². The highest BCUT2D eigenvalue weighted by Gasteiger charge is 2.07. The lowest BCUT2D eigenvalue weighted by atomic mass is 10.0.